The first-order chi connectivity index (χ1) is 8.56. The molecule has 100 valence electrons. The summed E-state index contributed by atoms with van der Waals surface area (Å²) in [6.45, 7) is 5.08. The summed E-state index contributed by atoms with van der Waals surface area (Å²) in [5.74, 6) is 0.655. The van der Waals surface area contributed by atoms with Crippen LogP contribution in [0.1, 0.15) is 12.5 Å². The van der Waals surface area contributed by atoms with E-state index in [-0.39, 0.29) is 11.9 Å². The topological polar surface area (TPSA) is 49.6 Å². The van der Waals surface area contributed by atoms with E-state index < -0.39 is 0 Å². The van der Waals surface area contributed by atoms with Gasteiger partial charge in [-0.15, -0.1) is 0 Å². The van der Waals surface area contributed by atoms with E-state index in [2.05, 4.69) is 23.3 Å². The van der Waals surface area contributed by atoms with Crippen LogP contribution in [0.5, 0.6) is 0 Å². The molecule has 18 heavy (non-hydrogen) atoms. The number of likely N-dealkylation sites (tertiary alicyclic amines) is 1. The summed E-state index contributed by atoms with van der Waals surface area (Å²) >= 11 is 1.66. The van der Waals surface area contributed by atoms with Crippen LogP contribution in [0.15, 0.2) is 16.8 Å². The lowest BCUT2D eigenvalue weighted by Crippen LogP contribution is -2.38. The largest absolute Gasteiger partial charge is 0.340 e. The molecular formula is C13H21N3OS. The number of nitrogens with zero attached hydrogens (tertiary/aromatic N) is 2. The van der Waals surface area contributed by atoms with Crippen LogP contribution in [0.25, 0.3) is 0 Å². The Labute approximate surface area is 112 Å². The van der Waals surface area contributed by atoms with Gasteiger partial charge < -0.3 is 10.6 Å². The van der Waals surface area contributed by atoms with Gasteiger partial charge in [0.2, 0.25) is 5.91 Å². The average Bonchev–Trinajstić information content (AvgIpc) is 2.90. The van der Waals surface area contributed by atoms with Gasteiger partial charge in [-0.1, -0.05) is 6.92 Å². The molecule has 5 heteroatoms. The van der Waals surface area contributed by atoms with Gasteiger partial charge >= 0.3 is 0 Å². The lowest BCUT2D eigenvalue weighted by Gasteiger charge is -2.21. The highest BCUT2D eigenvalue weighted by Crippen LogP contribution is 2.14. The highest BCUT2D eigenvalue weighted by molar-refractivity contribution is 7.07. The minimum atomic E-state index is 0.169. The Morgan fingerprint density at radius 2 is 2.39 bits per heavy atom. The summed E-state index contributed by atoms with van der Waals surface area (Å²) in [5.41, 5.74) is 7.16. The Morgan fingerprint density at radius 3 is 2.94 bits per heavy atom. The first-order valence-electron chi connectivity index (χ1n) is 6.29. The maximum atomic E-state index is 12.1. The normalized spacial score (nSPS) is 24.4. The number of carbonyl (C=O) groups excluding carboxylic acids is 1. The van der Waals surface area contributed by atoms with Gasteiger partial charge in [0, 0.05) is 32.7 Å². The molecule has 2 atom stereocenters. The molecule has 1 aromatic rings. The van der Waals surface area contributed by atoms with Gasteiger partial charge in [-0.25, -0.2) is 0 Å². The number of nitrogens with two attached hydrogens (primary N) is 1. The van der Waals surface area contributed by atoms with Gasteiger partial charge in [0.15, 0.2) is 0 Å². The third-order valence-electron chi connectivity index (χ3n) is 3.53. The molecule has 0 aliphatic carbocycles. The predicted molar refractivity (Wildman–Crippen MR) is 74.4 cm³/mol. The number of hydrogen-bond donors (Lipinski definition) is 1. The van der Waals surface area contributed by atoms with E-state index in [1.807, 2.05) is 12.4 Å². The molecule has 0 aromatic carbocycles. The van der Waals surface area contributed by atoms with Gasteiger partial charge in [-0.3, -0.25) is 9.69 Å². The molecule has 0 saturated carbocycles. The molecular weight excluding hydrogens is 246 g/mol. The second-order valence-electron chi connectivity index (χ2n) is 5.22. The van der Waals surface area contributed by atoms with Crippen LogP contribution < -0.4 is 5.73 Å². The third-order valence-corrected chi connectivity index (χ3v) is 4.26. The highest BCUT2D eigenvalue weighted by atomic mass is 32.1. The van der Waals surface area contributed by atoms with Crippen molar-refractivity contribution in [1.82, 2.24) is 9.80 Å². The van der Waals surface area contributed by atoms with Crippen molar-refractivity contribution in [3.05, 3.63) is 22.4 Å². The molecule has 2 N–H and O–H groups in total. The van der Waals surface area contributed by atoms with Crippen LogP contribution in [-0.2, 0) is 11.3 Å². The minimum Gasteiger partial charge on any atom is -0.340 e. The van der Waals surface area contributed by atoms with Crippen molar-refractivity contribution < 1.29 is 4.79 Å². The van der Waals surface area contributed by atoms with Crippen molar-refractivity contribution in [3.63, 3.8) is 0 Å². The standard InChI is InChI=1S/C13H21N3OS/c1-10-5-16(7-12(10)14)8-13(17)15(2)6-11-3-4-18-9-11/h3-4,9-10,12H,5-8,14H2,1-2H3. The summed E-state index contributed by atoms with van der Waals surface area (Å²) in [7, 11) is 1.86. The van der Waals surface area contributed by atoms with E-state index in [0.717, 1.165) is 13.1 Å². The van der Waals surface area contributed by atoms with Crippen molar-refractivity contribution >= 4 is 17.2 Å². The first-order valence-corrected chi connectivity index (χ1v) is 7.23. The van der Waals surface area contributed by atoms with Gasteiger partial charge in [0.1, 0.15) is 0 Å². The third kappa shape index (κ3) is 3.31. The Hall–Kier alpha value is -0.910. The number of rotatable bonds is 4. The van der Waals surface area contributed by atoms with Crippen LogP contribution in [0.2, 0.25) is 0 Å². The van der Waals surface area contributed by atoms with Gasteiger partial charge in [-0.05, 0) is 28.3 Å². The zero-order valence-corrected chi connectivity index (χ0v) is 11.8. The predicted octanol–water partition coefficient (Wildman–Crippen LogP) is 0.985. The molecule has 4 nitrogen and oxygen atoms in total. The second-order valence-corrected chi connectivity index (χ2v) is 6.00. The summed E-state index contributed by atoms with van der Waals surface area (Å²) in [5, 5.41) is 4.12. The zero-order valence-electron chi connectivity index (χ0n) is 11.0. The fraction of sp³-hybridized carbons (Fsp3) is 0.615. The number of carbonyl (C=O) groups is 1. The molecule has 1 amide bonds. The van der Waals surface area contributed by atoms with E-state index in [1.54, 1.807) is 16.2 Å². The molecule has 1 saturated heterocycles. The fourth-order valence-corrected chi connectivity index (χ4v) is 2.94. The molecule has 2 unspecified atom stereocenters. The number of amides is 1. The van der Waals surface area contributed by atoms with Crippen molar-refractivity contribution in [1.29, 1.82) is 0 Å². The Kier molecular flexibility index (Phi) is 4.37. The maximum Gasteiger partial charge on any atom is 0.236 e. The SMILES string of the molecule is CC1CN(CC(=O)N(C)Cc2ccsc2)CC1N. The van der Waals surface area contributed by atoms with Crippen LogP contribution in [0, 0.1) is 5.92 Å². The average molecular weight is 267 g/mol. The van der Waals surface area contributed by atoms with E-state index in [9.17, 15) is 4.79 Å². The lowest BCUT2D eigenvalue weighted by molar-refractivity contribution is -0.131. The lowest BCUT2D eigenvalue weighted by atomic mass is 10.1. The molecule has 1 aliphatic heterocycles. The minimum absolute atomic E-state index is 0.169. The Morgan fingerprint density at radius 1 is 1.61 bits per heavy atom. The van der Waals surface area contributed by atoms with Gasteiger partial charge in [0.05, 0.1) is 6.54 Å². The van der Waals surface area contributed by atoms with Gasteiger partial charge in [0.25, 0.3) is 0 Å². The van der Waals surface area contributed by atoms with Crippen molar-refractivity contribution in [3.8, 4) is 0 Å². The van der Waals surface area contributed by atoms with E-state index in [1.165, 1.54) is 5.56 Å². The number of thiophene rings is 1. The molecule has 0 radical (unpaired) electrons. The molecule has 2 rings (SSSR count). The van der Waals surface area contributed by atoms with E-state index in [0.29, 0.717) is 19.0 Å². The first kappa shape index (κ1) is 13.5. The molecule has 0 bridgehead atoms. The molecule has 1 aromatic heterocycles. The molecule has 0 spiro atoms. The van der Waals surface area contributed by atoms with Crippen LogP contribution in [-0.4, -0.2) is 48.4 Å². The van der Waals surface area contributed by atoms with Crippen molar-refractivity contribution in [2.24, 2.45) is 11.7 Å². The summed E-state index contributed by atoms with van der Waals surface area (Å²) in [6.07, 6.45) is 0. The van der Waals surface area contributed by atoms with E-state index >= 15 is 0 Å². The molecule has 1 aliphatic rings. The number of hydrogen-bond acceptors (Lipinski definition) is 4. The Bertz CT molecular complexity index is 383. The van der Waals surface area contributed by atoms with E-state index in [4.69, 9.17) is 5.73 Å². The summed E-state index contributed by atoms with van der Waals surface area (Å²) in [4.78, 5) is 16.0. The highest BCUT2D eigenvalue weighted by Gasteiger charge is 2.28. The van der Waals surface area contributed by atoms with Crippen molar-refractivity contribution in [2.75, 3.05) is 26.7 Å². The number of likely N-dealkylation sites (N-methyl/N-ethyl adjacent to an activating group) is 1. The quantitative estimate of drug-likeness (QED) is 0.885. The molecule has 2 heterocycles. The summed E-state index contributed by atoms with van der Waals surface area (Å²) < 4.78 is 0. The smallest absolute Gasteiger partial charge is 0.236 e. The zero-order chi connectivity index (χ0) is 13.1. The monoisotopic (exact) mass is 267 g/mol. The van der Waals surface area contributed by atoms with Gasteiger partial charge in [-0.2, -0.15) is 11.3 Å². The van der Waals surface area contributed by atoms with Crippen molar-refractivity contribution in [2.45, 2.75) is 19.5 Å². The molecule has 1 fully saturated rings. The fourth-order valence-electron chi connectivity index (χ4n) is 2.28. The second kappa shape index (κ2) is 5.82. The Balaban J connectivity index is 1.81. The van der Waals surface area contributed by atoms with Crippen LogP contribution >= 0.6 is 11.3 Å². The van der Waals surface area contributed by atoms with Crippen LogP contribution in [0.3, 0.4) is 0 Å². The maximum absolute atomic E-state index is 12.1. The van der Waals surface area contributed by atoms with Crippen LogP contribution in [0.4, 0.5) is 0 Å². The summed E-state index contributed by atoms with van der Waals surface area (Å²) in [6, 6.07) is 2.27.